The quantitative estimate of drug-likeness (QED) is 0.696. The lowest BCUT2D eigenvalue weighted by molar-refractivity contribution is 0.0983. The zero-order valence-corrected chi connectivity index (χ0v) is 7.49. The Morgan fingerprint density at radius 2 is 2.23 bits per heavy atom. The number of Topliss-reactive ketones (excluding diaryl/α,β-unsaturated/α-hetero) is 1. The van der Waals surface area contributed by atoms with Gasteiger partial charge in [0, 0.05) is 18.5 Å². The molecule has 0 unspecified atom stereocenters. The molecule has 0 spiro atoms. The van der Waals surface area contributed by atoms with E-state index in [1.54, 1.807) is 6.07 Å². The number of anilines is 1. The molecule has 2 nitrogen and oxygen atoms in total. The smallest absolute Gasteiger partial charge is 0.166 e. The summed E-state index contributed by atoms with van der Waals surface area (Å²) in [5.74, 6) is -0.573. The van der Waals surface area contributed by atoms with Crippen LogP contribution in [-0.4, -0.2) is 12.3 Å². The van der Waals surface area contributed by atoms with Crippen LogP contribution >= 0.6 is 11.6 Å². The highest BCUT2D eigenvalue weighted by molar-refractivity contribution is 6.31. The van der Waals surface area contributed by atoms with Crippen LogP contribution in [0, 0.1) is 5.82 Å². The van der Waals surface area contributed by atoms with Crippen LogP contribution in [0.5, 0.6) is 0 Å². The topological polar surface area (TPSA) is 29.1 Å². The van der Waals surface area contributed by atoms with E-state index < -0.39 is 5.82 Å². The van der Waals surface area contributed by atoms with Gasteiger partial charge in [0.1, 0.15) is 0 Å². The minimum absolute atomic E-state index is 0.0377. The summed E-state index contributed by atoms with van der Waals surface area (Å²) < 4.78 is 13.3. The summed E-state index contributed by atoms with van der Waals surface area (Å²) in [7, 11) is 0. The molecule has 0 saturated carbocycles. The molecule has 1 aromatic rings. The lowest BCUT2D eigenvalue weighted by Crippen LogP contribution is -2.19. The molecule has 2 rings (SSSR count). The van der Waals surface area contributed by atoms with Crippen LogP contribution in [0.25, 0.3) is 0 Å². The zero-order valence-electron chi connectivity index (χ0n) is 6.73. The molecule has 0 amide bonds. The van der Waals surface area contributed by atoms with E-state index in [1.165, 1.54) is 6.07 Å². The van der Waals surface area contributed by atoms with Crippen molar-refractivity contribution in [3.8, 4) is 0 Å². The van der Waals surface area contributed by atoms with Crippen LogP contribution < -0.4 is 5.32 Å². The molecule has 0 bridgehead atoms. The molecule has 0 radical (unpaired) electrons. The van der Waals surface area contributed by atoms with Gasteiger partial charge in [-0.25, -0.2) is 4.39 Å². The van der Waals surface area contributed by atoms with Crippen LogP contribution in [0.3, 0.4) is 0 Å². The molecule has 0 aromatic heterocycles. The first-order valence-corrected chi connectivity index (χ1v) is 4.33. The molecule has 1 aliphatic rings. The van der Waals surface area contributed by atoms with E-state index in [-0.39, 0.29) is 16.5 Å². The van der Waals surface area contributed by atoms with E-state index in [0.29, 0.717) is 18.5 Å². The fourth-order valence-electron chi connectivity index (χ4n) is 1.39. The van der Waals surface area contributed by atoms with Crippen molar-refractivity contribution >= 4 is 23.1 Å². The molecule has 1 N–H and O–H groups in total. The van der Waals surface area contributed by atoms with Crippen molar-refractivity contribution in [1.29, 1.82) is 0 Å². The van der Waals surface area contributed by atoms with Gasteiger partial charge in [0.2, 0.25) is 0 Å². The Balaban J connectivity index is 2.63. The van der Waals surface area contributed by atoms with Gasteiger partial charge in [-0.15, -0.1) is 0 Å². The number of carbonyl (C=O) groups excluding carboxylic acids is 1. The van der Waals surface area contributed by atoms with E-state index in [9.17, 15) is 9.18 Å². The second-order valence-electron chi connectivity index (χ2n) is 2.88. The largest absolute Gasteiger partial charge is 0.382 e. The van der Waals surface area contributed by atoms with Crippen LogP contribution in [0.15, 0.2) is 12.1 Å². The summed E-state index contributed by atoms with van der Waals surface area (Å²) in [6, 6.07) is 2.95. The van der Waals surface area contributed by atoms with Gasteiger partial charge < -0.3 is 5.32 Å². The fourth-order valence-corrected chi connectivity index (χ4v) is 1.55. The minimum atomic E-state index is -0.535. The molecular formula is C9H7ClFNO. The first-order chi connectivity index (χ1) is 6.20. The highest BCUT2D eigenvalue weighted by Crippen LogP contribution is 2.29. The molecule has 13 heavy (non-hydrogen) atoms. The number of fused-ring (bicyclic) bond motifs is 1. The van der Waals surface area contributed by atoms with E-state index in [1.807, 2.05) is 0 Å². The lowest BCUT2D eigenvalue weighted by atomic mass is 10.0. The van der Waals surface area contributed by atoms with Crippen LogP contribution in [0.2, 0.25) is 5.02 Å². The van der Waals surface area contributed by atoms with Crippen molar-refractivity contribution in [1.82, 2.24) is 0 Å². The molecule has 1 aliphatic heterocycles. The van der Waals surface area contributed by atoms with Crippen LogP contribution in [-0.2, 0) is 0 Å². The summed E-state index contributed by atoms with van der Waals surface area (Å²) in [5.41, 5.74) is 0.636. The predicted molar refractivity (Wildman–Crippen MR) is 48.8 cm³/mol. The first kappa shape index (κ1) is 8.51. The maximum atomic E-state index is 13.3. The predicted octanol–water partition coefficient (Wildman–Crippen LogP) is 2.48. The number of hydrogen-bond donors (Lipinski definition) is 1. The highest BCUT2D eigenvalue weighted by Gasteiger charge is 2.20. The number of hydrogen-bond acceptors (Lipinski definition) is 2. The zero-order chi connectivity index (χ0) is 9.42. The Kier molecular flexibility index (Phi) is 1.96. The summed E-state index contributed by atoms with van der Waals surface area (Å²) in [4.78, 5) is 11.3. The van der Waals surface area contributed by atoms with Crippen molar-refractivity contribution < 1.29 is 9.18 Å². The van der Waals surface area contributed by atoms with E-state index in [2.05, 4.69) is 5.32 Å². The third-order valence-corrected chi connectivity index (χ3v) is 2.34. The van der Waals surface area contributed by atoms with Crippen molar-refractivity contribution in [3.05, 3.63) is 28.5 Å². The minimum Gasteiger partial charge on any atom is -0.382 e. The molecule has 4 heteroatoms. The van der Waals surface area contributed by atoms with Crippen LogP contribution in [0.4, 0.5) is 10.1 Å². The van der Waals surface area contributed by atoms with E-state index in [0.717, 1.165) is 0 Å². The van der Waals surface area contributed by atoms with E-state index >= 15 is 0 Å². The van der Waals surface area contributed by atoms with Crippen molar-refractivity contribution in [2.45, 2.75) is 6.42 Å². The standard InChI is InChI=1S/C9H7ClFNO/c10-6-2-1-5-7(13)3-4-12-9(5)8(6)11/h1-2,12H,3-4H2. The first-order valence-electron chi connectivity index (χ1n) is 3.95. The van der Waals surface area contributed by atoms with Gasteiger partial charge in [0.25, 0.3) is 0 Å². The van der Waals surface area contributed by atoms with Crippen molar-refractivity contribution in [2.75, 3.05) is 11.9 Å². The van der Waals surface area contributed by atoms with Gasteiger partial charge in [-0.1, -0.05) is 11.6 Å². The molecule has 0 saturated heterocycles. The number of rotatable bonds is 0. The van der Waals surface area contributed by atoms with Crippen molar-refractivity contribution in [3.63, 3.8) is 0 Å². The highest BCUT2D eigenvalue weighted by atomic mass is 35.5. The molecule has 68 valence electrons. The third-order valence-electron chi connectivity index (χ3n) is 2.05. The van der Waals surface area contributed by atoms with E-state index in [4.69, 9.17) is 11.6 Å². The number of carbonyl (C=O) groups is 1. The summed E-state index contributed by atoms with van der Waals surface area (Å²) in [5, 5.41) is 2.86. The summed E-state index contributed by atoms with van der Waals surface area (Å²) in [6.45, 7) is 0.475. The Morgan fingerprint density at radius 1 is 1.46 bits per heavy atom. The van der Waals surface area contributed by atoms with Gasteiger partial charge in [0.05, 0.1) is 10.7 Å². The Labute approximate surface area is 79.7 Å². The molecule has 0 fully saturated rings. The Hall–Kier alpha value is -1.09. The maximum absolute atomic E-state index is 13.3. The number of halogens is 2. The van der Waals surface area contributed by atoms with Crippen LogP contribution in [0.1, 0.15) is 16.8 Å². The van der Waals surface area contributed by atoms with Gasteiger partial charge in [0.15, 0.2) is 11.6 Å². The van der Waals surface area contributed by atoms with Gasteiger partial charge >= 0.3 is 0 Å². The summed E-state index contributed by atoms with van der Waals surface area (Å²) in [6.07, 6.45) is 0.411. The lowest BCUT2D eigenvalue weighted by Gasteiger charge is -2.17. The van der Waals surface area contributed by atoms with Gasteiger partial charge in [-0.05, 0) is 12.1 Å². The molecule has 0 aliphatic carbocycles. The average Bonchev–Trinajstić information content (AvgIpc) is 2.12. The molecular weight excluding hydrogens is 193 g/mol. The molecule has 0 atom stereocenters. The fraction of sp³-hybridized carbons (Fsp3) is 0.222. The summed E-state index contributed by atoms with van der Waals surface area (Å²) >= 11 is 5.57. The molecule has 1 aromatic carbocycles. The Morgan fingerprint density at radius 3 is 3.00 bits per heavy atom. The Bertz CT molecular complexity index is 378. The average molecular weight is 200 g/mol. The SMILES string of the molecule is O=C1CCNc2c1ccc(Cl)c2F. The number of ketones is 1. The number of nitrogens with one attached hydrogen (secondary N) is 1. The maximum Gasteiger partial charge on any atom is 0.166 e. The monoisotopic (exact) mass is 199 g/mol. The number of benzene rings is 1. The second-order valence-corrected chi connectivity index (χ2v) is 3.29. The van der Waals surface area contributed by atoms with Crippen molar-refractivity contribution in [2.24, 2.45) is 0 Å². The third kappa shape index (κ3) is 1.29. The van der Waals surface area contributed by atoms with Gasteiger partial charge in [-0.2, -0.15) is 0 Å². The van der Waals surface area contributed by atoms with Gasteiger partial charge in [-0.3, -0.25) is 4.79 Å². The normalized spacial score (nSPS) is 15.1. The second kappa shape index (κ2) is 3.00. The molecule has 1 heterocycles.